The summed E-state index contributed by atoms with van der Waals surface area (Å²) in [5.41, 5.74) is 2.11. The molecular weight excluding hydrogens is 328 g/mol. The van der Waals surface area contributed by atoms with Gasteiger partial charge in [0.25, 0.3) is 0 Å². The zero-order valence-electron chi connectivity index (χ0n) is 14.4. The van der Waals surface area contributed by atoms with Crippen LogP contribution >= 0.6 is 0 Å². The van der Waals surface area contributed by atoms with Gasteiger partial charge in [0, 0.05) is 37.5 Å². The minimum Gasteiger partial charge on any atom is -0.342 e. The highest BCUT2D eigenvalue weighted by Gasteiger charge is 2.34. The van der Waals surface area contributed by atoms with E-state index in [-0.39, 0.29) is 11.8 Å². The summed E-state index contributed by atoms with van der Waals surface area (Å²) >= 11 is 0. The SMILES string of the molecule is O=C1CC(c2nc(-c3cccnc3)no2)CN1CCCc1ccccc1. The molecule has 132 valence electrons. The van der Waals surface area contributed by atoms with E-state index in [2.05, 4.69) is 27.3 Å². The van der Waals surface area contributed by atoms with E-state index in [1.807, 2.05) is 35.2 Å². The molecule has 1 atom stereocenters. The first-order chi connectivity index (χ1) is 12.8. The van der Waals surface area contributed by atoms with Crippen LogP contribution in [-0.4, -0.2) is 39.0 Å². The molecule has 1 aliphatic rings. The van der Waals surface area contributed by atoms with E-state index in [1.165, 1.54) is 5.56 Å². The molecule has 26 heavy (non-hydrogen) atoms. The zero-order chi connectivity index (χ0) is 17.8. The lowest BCUT2D eigenvalue weighted by atomic mass is 10.1. The Bertz CT molecular complexity index is 864. The predicted molar refractivity (Wildman–Crippen MR) is 96.2 cm³/mol. The van der Waals surface area contributed by atoms with Crippen molar-refractivity contribution < 1.29 is 9.32 Å². The average molecular weight is 348 g/mol. The van der Waals surface area contributed by atoms with Crippen molar-refractivity contribution in [2.24, 2.45) is 0 Å². The second kappa shape index (κ2) is 7.47. The molecule has 1 aromatic carbocycles. The molecule has 3 heterocycles. The Morgan fingerprint density at radius 2 is 2.04 bits per heavy atom. The number of benzene rings is 1. The van der Waals surface area contributed by atoms with E-state index in [0.717, 1.165) is 24.9 Å². The third-order valence-corrected chi connectivity index (χ3v) is 4.66. The monoisotopic (exact) mass is 348 g/mol. The standard InChI is InChI=1S/C20H20N4O2/c25-18-12-17(14-24(18)11-5-8-15-6-2-1-3-7-15)20-22-19(23-26-20)16-9-4-10-21-13-16/h1-4,6-7,9-10,13,17H,5,8,11-12,14H2. The quantitative estimate of drug-likeness (QED) is 0.684. The summed E-state index contributed by atoms with van der Waals surface area (Å²) in [5.74, 6) is 1.17. The molecule has 0 saturated carbocycles. The van der Waals surface area contributed by atoms with Gasteiger partial charge in [-0.1, -0.05) is 35.5 Å². The van der Waals surface area contributed by atoms with Gasteiger partial charge in [-0.05, 0) is 30.5 Å². The van der Waals surface area contributed by atoms with Crippen molar-refractivity contribution in [3.8, 4) is 11.4 Å². The maximum absolute atomic E-state index is 12.3. The van der Waals surface area contributed by atoms with Gasteiger partial charge in [-0.2, -0.15) is 4.98 Å². The van der Waals surface area contributed by atoms with Crippen LogP contribution in [0, 0.1) is 0 Å². The van der Waals surface area contributed by atoms with Gasteiger partial charge in [-0.15, -0.1) is 0 Å². The van der Waals surface area contributed by atoms with E-state index < -0.39 is 0 Å². The molecule has 1 unspecified atom stereocenters. The Morgan fingerprint density at radius 3 is 2.85 bits per heavy atom. The molecular formula is C20H20N4O2. The normalized spacial score (nSPS) is 17.0. The predicted octanol–water partition coefficient (Wildman–Crippen LogP) is 3.08. The molecule has 1 saturated heterocycles. The fraction of sp³-hybridized carbons (Fsp3) is 0.300. The van der Waals surface area contributed by atoms with E-state index in [9.17, 15) is 4.79 Å². The summed E-state index contributed by atoms with van der Waals surface area (Å²) in [6, 6.07) is 14.1. The van der Waals surface area contributed by atoms with Gasteiger partial charge in [0.05, 0.1) is 5.92 Å². The number of aromatic nitrogens is 3. The molecule has 0 N–H and O–H groups in total. The topological polar surface area (TPSA) is 72.1 Å². The lowest BCUT2D eigenvalue weighted by Crippen LogP contribution is -2.26. The Morgan fingerprint density at radius 1 is 1.15 bits per heavy atom. The molecule has 2 aromatic heterocycles. The molecule has 1 amide bonds. The Balaban J connectivity index is 1.35. The lowest BCUT2D eigenvalue weighted by Gasteiger charge is -2.15. The van der Waals surface area contributed by atoms with E-state index in [0.29, 0.717) is 24.7 Å². The van der Waals surface area contributed by atoms with Crippen molar-refractivity contribution in [2.45, 2.75) is 25.2 Å². The second-order valence-electron chi connectivity index (χ2n) is 6.53. The number of aryl methyl sites for hydroxylation is 1. The van der Waals surface area contributed by atoms with Gasteiger partial charge in [-0.3, -0.25) is 9.78 Å². The van der Waals surface area contributed by atoms with Gasteiger partial charge in [0.2, 0.25) is 17.6 Å². The molecule has 0 aliphatic carbocycles. The van der Waals surface area contributed by atoms with Crippen molar-refractivity contribution in [3.05, 3.63) is 66.3 Å². The fourth-order valence-corrected chi connectivity index (χ4v) is 3.29. The number of rotatable bonds is 6. The maximum atomic E-state index is 12.3. The summed E-state index contributed by atoms with van der Waals surface area (Å²) in [6.07, 6.45) is 5.76. The van der Waals surface area contributed by atoms with Crippen LogP contribution in [0.3, 0.4) is 0 Å². The van der Waals surface area contributed by atoms with Gasteiger partial charge in [-0.25, -0.2) is 0 Å². The summed E-state index contributed by atoms with van der Waals surface area (Å²) in [5, 5.41) is 4.03. The van der Waals surface area contributed by atoms with Crippen LogP contribution < -0.4 is 0 Å². The molecule has 0 spiro atoms. The largest absolute Gasteiger partial charge is 0.342 e. The van der Waals surface area contributed by atoms with Crippen LogP contribution in [0.15, 0.2) is 59.4 Å². The summed E-state index contributed by atoms with van der Waals surface area (Å²) in [7, 11) is 0. The van der Waals surface area contributed by atoms with Crippen LogP contribution in [0.1, 0.15) is 30.2 Å². The number of likely N-dealkylation sites (tertiary alicyclic amines) is 1. The van der Waals surface area contributed by atoms with Crippen LogP contribution in [0.4, 0.5) is 0 Å². The Labute approximate surface area is 151 Å². The minimum absolute atomic E-state index is 0.0304. The van der Waals surface area contributed by atoms with Gasteiger partial charge in [0.15, 0.2) is 0 Å². The van der Waals surface area contributed by atoms with Crippen LogP contribution in [0.2, 0.25) is 0 Å². The zero-order valence-corrected chi connectivity index (χ0v) is 14.4. The summed E-state index contributed by atoms with van der Waals surface area (Å²) in [4.78, 5) is 22.7. The van der Waals surface area contributed by atoms with Crippen molar-refractivity contribution in [1.82, 2.24) is 20.0 Å². The van der Waals surface area contributed by atoms with Gasteiger partial charge in [0.1, 0.15) is 0 Å². The van der Waals surface area contributed by atoms with Crippen LogP contribution in [-0.2, 0) is 11.2 Å². The molecule has 3 aromatic rings. The number of hydrogen-bond acceptors (Lipinski definition) is 5. The van der Waals surface area contributed by atoms with Crippen LogP contribution in [0.25, 0.3) is 11.4 Å². The average Bonchev–Trinajstić information content (AvgIpc) is 3.31. The molecule has 6 heteroatoms. The maximum Gasteiger partial charge on any atom is 0.232 e. The molecule has 1 fully saturated rings. The van der Waals surface area contributed by atoms with Crippen LogP contribution in [0.5, 0.6) is 0 Å². The highest BCUT2D eigenvalue weighted by Crippen LogP contribution is 2.28. The highest BCUT2D eigenvalue weighted by atomic mass is 16.5. The summed E-state index contributed by atoms with van der Waals surface area (Å²) in [6.45, 7) is 1.40. The van der Waals surface area contributed by atoms with Crippen molar-refractivity contribution in [2.75, 3.05) is 13.1 Å². The van der Waals surface area contributed by atoms with Crippen molar-refractivity contribution in [3.63, 3.8) is 0 Å². The number of hydrogen-bond donors (Lipinski definition) is 0. The fourth-order valence-electron chi connectivity index (χ4n) is 3.29. The molecule has 1 aliphatic heterocycles. The summed E-state index contributed by atoms with van der Waals surface area (Å²) < 4.78 is 5.41. The highest BCUT2D eigenvalue weighted by molar-refractivity contribution is 5.79. The first kappa shape index (κ1) is 16.4. The van der Waals surface area contributed by atoms with E-state index >= 15 is 0 Å². The number of amides is 1. The molecule has 0 radical (unpaired) electrons. The first-order valence-corrected chi connectivity index (χ1v) is 8.85. The van der Waals surface area contributed by atoms with E-state index in [1.54, 1.807) is 12.4 Å². The first-order valence-electron chi connectivity index (χ1n) is 8.85. The third-order valence-electron chi connectivity index (χ3n) is 4.66. The lowest BCUT2D eigenvalue weighted by molar-refractivity contribution is -0.127. The third kappa shape index (κ3) is 3.64. The minimum atomic E-state index is -0.0304. The second-order valence-corrected chi connectivity index (χ2v) is 6.53. The van der Waals surface area contributed by atoms with Gasteiger partial charge >= 0.3 is 0 Å². The molecule has 6 nitrogen and oxygen atoms in total. The number of carbonyl (C=O) groups is 1. The Hall–Kier alpha value is -3.02. The molecule has 0 bridgehead atoms. The smallest absolute Gasteiger partial charge is 0.232 e. The number of pyridine rings is 1. The van der Waals surface area contributed by atoms with E-state index in [4.69, 9.17) is 4.52 Å². The van der Waals surface area contributed by atoms with Gasteiger partial charge < -0.3 is 9.42 Å². The van der Waals surface area contributed by atoms with Crippen molar-refractivity contribution in [1.29, 1.82) is 0 Å². The van der Waals surface area contributed by atoms with Crippen molar-refractivity contribution >= 4 is 5.91 Å². The Kier molecular flexibility index (Phi) is 4.73. The number of carbonyl (C=O) groups excluding carboxylic acids is 1. The number of nitrogens with zero attached hydrogens (tertiary/aromatic N) is 4. The molecule has 4 rings (SSSR count).